The van der Waals surface area contributed by atoms with E-state index < -0.39 is 0 Å². The lowest BCUT2D eigenvalue weighted by Gasteiger charge is -2.29. The normalized spacial score (nSPS) is 21.3. The Labute approximate surface area is 156 Å². The van der Waals surface area contributed by atoms with Crippen LogP contribution in [0.2, 0.25) is 0 Å². The number of hydrogen-bond acceptors (Lipinski definition) is 4. The number of aryl methyl sites for hydroxylation is 2. The van der Waals surface area contributed by atoms with Gasteiger partial charge in [-0.1, -0.05) is 6.07 Å². The lowest BCUT2D eigenvalue weighted by molar-refractivity contribution is 0.182. The van der Waals surface area contributed by atoms with Crippen molar-refractivity contribution in [1.29, 1.82) is 0 Å². The Balaban J connectivity index is 0.00000182. The highest BCUT2D eigenvalue weighted by atomic mass is 35.5. The predicted octanol–water partition coefficient (Wildman–Crippen LogP) is 2.69. The van der Waals surface area contributed by atoms with E-state index in [1.807, 2.05) is 18.6 Å². The smallest absolute Gasteiger partial charge is 0.122 e. The van der Waals surface area contributed by atoms with E-state index in [0.29, 0.717) is 11.5 Å². The van der Waals surface area contributed by atoms with Crippen molar-refractivity contribution in [3.63, 3.8) is 0 Å². The molecule has 3 heterocycles. The molecular weight excluding hydrogens is 334 g/mol. The molecule has 2 aromatic heterocycles. The second-order valence-electron chi connectivity index (χ2n) is 7.44. The molecule has 5 nitrogen and oxygen atoms in total. The van der Waals surface area contributed by atoms with Gasteiger partial charge >= 0.3 is 0 Å². The van der Waals surface area contributed by atoms with Gasteiger partial charge in [-0.25, -0.2) is 4.98 Å². The maximum absolute atomic E-state index is 4.56. The molecule has 2 aromatic rings. The molecule has 1 unspecified atom stereocenters. The number of aromatic nitrogens is 3. The van der Waals surface area contributed by atoms with Crippen molar-refractivity contribution >= 4 is 12.4 Å². The van der Waals surface area contributed by atoms with Crippen molar-refractivity contribution in [2.24, 2.45) is 12.5 Å². The molecule has 0 aromatic carbocycles. The third-order valence-electron chi connectivity index (χ3n) is 5.94. The van der Waals surface area contributed by atoms with Gasteiger partial charge in [-0.15, -0.1) is 12.4 Å². The fraction of sp³-hybridized carbons (Fsp3) is 0.579. The van der Waals surface area contributed by atoms with Gasteiger partial charge in [0.15, 0.2) is 0 Å². The van der Waals surface area contributed by atoms with E-state index >= 15 is 0 Å². The quantitative estimate of drug-likeness (QED) is 0.889. The first-order valence-electron chi connectivity index (χ1n) is 8.99. The van der Waals surface area contributed by atoms with Gasteiger partial charge in [0.1, 0.15) is 5.82 Å². The molecule has 1 spiro atoms. The Morgan fingerprint density at radius 2 is 2.04 bits per heavy atom. The van der Waals surface area contributed by atoms with Crippen LogP contribution in [0, 0.1) is 12.3 Å². The average molecular weight is 362 g/mol. The number of hydrogen-bond donors (Lipinski definition) is 1. The summed E-state index contributed by atoms with van der Waals surface area (Å²) < 4.78 is 2.14. The molecule has 0 bridgehead atoms. The second kappa shape index (κ2) is 7.44. The summed E-state index contributed by atoms with van der Waals surface area (Å²) in [4.78, 5) is 11.7. The Bertz CT molecular complexity index is 707. The fourth-order valence-electron chi connectivity index (χ4n) is 4.21. The molecule has 1 N–H and O–H groups in total. The maximum atomic E-state index is 4.56. The molecule has 2 aliphatic rings. The van der Waals surface area contributed by atoms with Crippen LogP contribution in [-0.4, -0.2) is 38.6 Å². The standard InChI is InChI=1S/C19H27N5.ClH/c1-15-16(4-3-7-21-15)13-24(14-18-22-10-11-23(18)2)17-12-19(17)5-8-20-9-6-19;/h3-4,7,10-11,17,20H,5-6,8-9,12-14H2,1-2H3;1H. The van der Waals surface area contributed by atoms with Crippen molar-refractivity contribution in [2.75, 3.05) is 13.1 Å². The Kier molecular flexibility index (Phi) is 5.46. The lowest BCUT2D eigenvalue weighted by Crippen LogP contribution is -2.36. The molecule has 2 fully saturated rings. The highest BCUT2D eigenvalue weighted by Crippen LogP contribution is 2.56. The van der Waals surface area contributed by atoms with Crippen LogP contribution in [0.15, 0.2) is 30.7 Å². The van der Waals surface area contributed by atoms with Gasteiger partial charge in [0.05, 0.1) is 6.54 Å². The molecule has 6 heteroatoms. The third kappa shape index (κ3) is 3.73. The summed E-state index contributed by atoms with van der Waals surface area (Å²) in [6.45, 7) is 6.32. The zero-order chi connectivity index (χ0) is 16.6. The van der Waals surface area contributed by atoms with E-state index in [4.69, 9.17) is 0 Å². The molecule has 1 saturated carbocycles. The third-order valence-corrected chi connectivity index (χ3v) is 5.94. The monoisotopic (exact) mass is 361 g/mol. The summed E-state index contributed by atoms with van der Waals surface area (Å²) in [6.07, 6.45) is 9.76. The van der Waals surface area contributed by atoms with Crippen LogP contribution in [0.1, 0.15) is 36.3 Å². The minimum absolute atomic E-state index is 0. The zero-order valence-electron chi connectivity index (χ0n) is 15.1. The summed E-state index contributed by atoms with van der Waals surface area (Å²) >= 11 is 0. The van der Waals surface area contributed by atoms with Crippen LogP contribution in [0.3, 0.4) is 0 Å². The molecule has 0 radical (unpaired) electrons. The molecule has 136 valence electrons. The number of nitrogens with zero attached hydrogens (tertiary/aromatic N) is 4. The number of nitrogens with one attached hydrogen (secondary N) is 1. The molecule has 25 heavy (non-hydrogen) atoms. The Morgan fingerprint density at radius 3 is 2.72 bits per heavy atom. The van der Waals surface area contributed by atoms with Gasteiger partial charge in [0.2, 0.25) is 0 Å². The van der Waals surface area contributed by atoms with Crippen LogP contribution in [0.25, 0.3) is 0 Å². The molecule has 4 rings (SSSR count). The van der Waals surface area contributed by atoms with Gasteiger partial charge < -0.3 is 9.88 Å². The topological polar surface area (TPSA) is 46.0 Å². The van der Waals surface area contributed by atoms with Crippen LogP contribution >= 0.6 is 12.4 Å². The highest BCUT2D eigenvalue weighted by molar-refractivity contribution is 5.85. The van der Waals surface area contributed by atoms with Crippen molar-refractivity contribution < 1.29 is 0 Å². The summed E-state index contributed by atoms with van der Waals surface area (Å²) in [5.74, 6) is 1.15. The lowest BCUT2D eigenvalue weighted by atomic mass is 9.93. The first-order valence-corrected chi connectivity index (χ1v) is 8.99. The van der Waals surface area contributed by atoms with Crippen LogP contribution in [-0.2, 0) is 20.1 Å². The van der Waals surface area contributed by atoms with E-state index in [2.05, 4.69) is 50.9 Å². The van der Waals surface area contributed by atoms with Crippen molar-refractivity contribution in [3.8, 4) is 0 Å². The minimum atomic E-state index is 0. The second-order valence-corrected chi connectivity index (χ2v) is 7.44. The largest absolute Gasteiger partial charge is 0.337 e. The summed E-state index contributed by atoms with van der Waals surface area (Å²) in [5, 5.41) is 3.51. The van der Waals surface area contributed by atoms with E-state index in [0.717, 1.165) is 24.6 Å². The summed E-state index contributed by atoms with van der Waals surface area (Å²) in [6, 6.07) is 4.94. The predicted molar refractivity (Wildman–Crippen MR) is 102 cm³/mol. The van der Waals surface area contributed by atoms with Crippen molar-refractivity contribution in [2.45, 2.75) is 45.3 Å². The summed E-state index contributed by atoms with van der Waals surface area (Å²) in [5.41, 5.74) is 3.01. The molecular formula is C19H28ClN5. The highest BCUT2D eigenvalue weighted by Gasteiger charge is 2.56. The molecule has 1 atom stereocenters. The number of imidazole rings is 1. The average Bonchev–Trinajstić information content (AvgIpc) is 3.11. The first kappa shape index (κ1) is 18.4. The van der Waals surface area contributed by atoms with Crippen LogP contribution in [0.5, 0.6) is 0 Å². The van der Waals surface area contributed by atoms with E-state index in [1.165, 1.54) is 37.9 Å². The molecule has 1 saturated heterocycles. The van der Waals surface area contributed by atoms with Gasteiger partial charge in [-0.3, -0.25) is 9.88 Å². The first-order chi connectivity index (χ1) is 11.7. The summed E-state index contributed by atoms with van der Waals surface area (Å²) in [7, 11) is 2.09. The molecule has 0 amide bonds. The van der Waals surface area contributed by atoms with Gasteiger partial charge in [-0.05, 0) is 56.3 Å². The molecule has 1 aliphatic heterocycles. The Morgan fingerprint density at radius 1 is 1.24 bits per heavy atom. The number of piperidine rings is 1. The van der Waals surface area contributed by atoms with Crippen LogP contribution < -0.4 is 5.32 Å². The molecule has 1 aliphatic carbocycles. The van der Waals surface area contributed by atoms with E-state index in [1.54, 1.807) is 0 Å². The fourth-order valence-corrected chi connectivity index (χ4v) is 4.21. The SMILES string of the molecule is Cc1ncccc1CN(Cc1nccn1C)C1CC12CCNCC2.Cl. The van der Waals surface area contributed by atoms with Gasteiger partial charge in [0.25, 0.3) is 0 Å². The van der Waals surface area contributed by atoms with Crippen LogP contribution in [0.4, 0.5) is 0 Å². The number of pyridine rings is 1. The number of rotatable bonds is 5. The maximum Gasteiger partial charge on any atom is 0.122 e. The van der Waals surface area contributed by atoms with E-state index in [9.17, 15) is 0 Å². The van der Waals surface area contributed by atoms with Gasteiger partial charge in [0, 0.05) is 43.9 Å². The van der Waals surface area contributed by atoms with Crippen molar-refractivity contribution in [1.82, 2.24) is 24.8 Å². The zero-order valence-corrected chi connectivity index (χ0v) is 15.9. The minimum Gasteiger partial charge on any atom is -0.337 e. The van der Waals surface area contributed by atoms with Gasteiger partial charge in [-0.2, -0.15) is 0 Å². The van der Waals surface area contributed by atoms with Crippen molar-refractivity contribution in [3.05, 3.63) is 47.8 Å². The van der Waals surface area contributed by atoms with E-state index in [-0.39, 0.29) is 12.4 Å². The Hall–Kier alpha value is -1.43. The number of halogens is 1.